The fourth-order valence-corrected chi connectivity index (χ4v) is 7.99. The Morgan fingerprint density at radius 2 is 1.60 bits per heavy atom. The van der Waals surface area contributed by atoms with Gasteiger partial charge in [-0.15, -0.1) is 0 Å². The molecule has 2 aliphatic rings. The molecule has 0 aromatic heterocycles. The van der Waals surface area contributed by atoms with E-state index in [1.54, 1.807) is 0 Å². The van der Waals surface area contributed by atoms with E-state index in [1.165, 1.54) is 28.8 Å². The molecule has 0 aliphatic carbocycles. The van der Waals surface area contributed by atoms with E-state index in [1.807, 2.05) is 23.5 Å². The molecule has 0 N–H and O–H groups in total. The topological polar surface area (TPSA) is 3.24 Å². The van der Waals surface area contributed by atoms with Gasteiger partial charge in [0, 0.05) is 0 Å². The minimum atomic E-state index is 0.435. The van der Waals surface area contributed by atoms with Crippen LogP contribution in [0.2, 0.25) is 0 Å². The Hall–Kier alpha value is -0.801. The number of anilines is 1. The molecule has 2 aromatic carbocycles. The first-order chi connectivity index (χ1) is 9.86. The summed E-state index contributed by atoms with van der Waals surface area (Å²) in [5.41, 5.74) is 1.41. The summed E-state index contributed by atoms with van der Waals surface area (Å²) in [5, 5.41) is 0. The predicted molar refractivity (Wildman–Crippen MR) is 90.0 cm³/mol. The van der Waals surface area contributed by atoms with Gasteiger partial charge in [0.25, 0.3) is 0 Å². The third kappa shape index (κ3) is 2.03. The van der Waals surface area contributed by atoms with Crippen LogP contribution in [0, 0.1) is 0 Å². The van der Waals surface area contributed by atoms with Crippen molar-refractivity contribution in [2.75, 3.05) is 11.4 Å². The van der Waals surface area contributed by atoms with Gasteiger partial charge in [-0.3, -0.25) is 0 Å². The first kappa shape index (κ1) is 12.9. The first-order valence-corrected chi connectivity index (χ1v) is 9.95. The number of benzene rings is 2. The number of fused-ring (bicyclic) bond motifs is 2. The summed E-state index contributed by atoms with van der Waals surface area (Å²) < 4.78 is 4.53. The number of nitrogens with zero attached hydrogens (tertiary/aromatic N) is 1. The summed E-state index contributed by atoms with van der Waals surface area (Å²) in [7, 11) is 0. The zero-order valence-electron chi connectivity index (χ0n) is 11.0. The van der Waals surface area contributed by atoms with Gasteiger partial charge < -0.3 is 0 Å². The summed E-state index contributed by atoms with van der Waals surface area (Å²) >= 11 is 4.31. The zero-order chi connectivity index (χ0) is 13.5. The Labute approximate surface area is 134 Å². The summed E-state index contributed by atoms with van der Waals surface area (Å²) in [6.45, 7) is 3.30. The Kier molecular flexibility index (Phi) is 3.35. The molecule has 0 unspecified atom stereocenters. The Bertz CT molecular complexity index is 684. The van der Waals surface area contributed by atoms with E-state index in [9.17, 15) is 0 Å². The van der Waals surface area contributed by atoms with Crippen molar-refractivity contribution < 1.29 is 0 Å². The molecule has 2 aliphatic heterocycles. The van der Waals surface area contributed by atoms with Crippen molar-refractivity contribution in [3.8, 4) is 0 Å². The van der Waals surface area contributed by atoms with Crippen molar-refractivity contribution >= 4 is 48.6 Å². The second-order valence-electron chi connectivity index (χ2n) is 4.56. The van der Waals surface area contributed by atoms with Crippen molar-refractivity contribution in [1.82, 2.24) is 0 Å². The summed E-state index contributed by atoms with van der Waals surface area (Å²) in [5.74, 6) is 0. The molecule has 1 nitrogen and oxygen atoms in total. The van der Waals surface area contributed by atoms with E-state index in [2.05, 4.69) is 60.4 Å². The van der Waals surface area contributed by atoms with Crippen molar-refractivity contribution in [3.05, 3.63) is 57.4 Å². The number of thioether (sulfide) groups is 2. The molecule has 0 amide bonds. The third-order valence-corrected chi connectivity index (χ3v) is 8.96. The first-order valence-electron chi connectivity index (χ1n) is 6.60. The van der Waals surface area contributed by atoms with Crippen molar-refractivity contribution in [1.29, 1.82) is 0 Å². The summed E-state index contributed by atoms with van der Waals surface area (Å²) in [6, 6.07) is 17.6. The van der Waals surface area contributed by atoms with Crippen LogP contribution < -0.4 is 9.36 Å². The van der Waals surface area contributed by atoms with Crippen LogP contribution in [0.5, 0.6) is 0 Å². The molecular formula is C16H13NS2Se. The molecule has 2 heterocycles. The molecule has 4 heteroatoms. The van der Waals surface area contributed by atoms with Crippen LogP contribution in [-0.4, -0.2) is 21.5 Å². The molecule has 0 bridgehead atoms. The quantitative estimate of drug-likeness (QED) is 0.709. The standard InChI is InChI=1S/C16H13NS2Se/c1-2-17-11-7-3-6-10-14(11)20-15(17)16-18-12-8-4-5-9-13(12)19-16/h3-10H,2H2,1H3. The Morgan fingerprint density at radius 1 is 0.950 bits per heavy atom. The molecule has 20 heavy (non-hydrogen) atoms. The van der Waals surface area contributed by atoms with E-state index in [0.717, 1.165) is 6.54 Å². The second-order valence-corrected chi connectivity index (χ2v) is 9.08. The van der Waals surface area contributed by atoms with E-state index < -0.39 is 0 Å². The van der Waals surface area contributed by atoms with Crippen LogP contribution in [0.15, 0.2) is 67.2 Å². The third-order valence-electron chi connectivity index (χ3n) is 3.35. The number of hydrogen-bond acceptors (Lipinski definition) is 3. The fourth-order valence-electron chi connectivity index (χ4n) is 2.43. The monoisotopic (exact) mass is 363 g/mol. The van der Waals surface area contributed by atoms with Crippen LogP contribution in [0.25, 0.3) is 0 Å². The molecule has 0 atom stereocenters. The normalized spacial score (nSPS) is 16.6. The number of hydrogen-bond donors (Lipinski definition) is 0. The van der Waals surface area contributed by atoms with Crippen LogP contribution >= 0.6 is 23.5 Å². The molecule has 100 valence electrons. The molecule has 0 spiro atoms. The van der Waals surface area contributed by atoms with Gasteiger partial charge in [-0.1, -0.05) is 0 Å². The van der Waals surface area contributed by atoms with Gasteiger partial charge in [-0.25, -0.2) is 0 Å². The van der Waals surface area contributed by atoms with Gasteiger partial charge in [0.1, 0.15) is 0 Å². The van der Waals surface area contributed by atoms with Crippen LogP contribution in [-0.2, 0) is 0 Å². The van der Waals surface area contributed by atoms with E-state index in [0.29, 0.717) is 15.0 Å². The molecule has 0 radical (unpaired) electrons. The van der Waals surface area contributed by atoms with Crippen molar-refractivity contribution in [2.24, 2.45) is 0 Å². The number of rotatable bonds is 1. The van der Waals surface area contributed by atoms with Gasteiger partial charge in [0.2, 0.25) is 0 Å². The van der Waals surface area contributed by atoms with Gasteiger partial charge in [-0.2, -0.15) is 0 Å². The predicted octanol–water partition coefficient (Wildman–Crippen LogP) is 3.88. The molecule has 2 aromatic rings. The number of para-hydroxylation sites is 1. The van der Waals surface area contributed by atoms with Gasteiger partial charge in [-0.05, 0) is 0 Å². The molecule has 4 rings (SSSR count). The molecular weight excluding hydrogens is 349 g/mol. The summed E-state index contributed by atoms with van der Waals surface area (Å²) in [6.07, 6.45) is 0. The second kappa shape index (κ2) is 5.19. The molecule has 0 fully saturated rings. The van der Waals surface area contributed by atoms with E-state index >= 15 is 0 Å². The van der Waals surface area contributed by atoms with E-state index in [-0.39, 0.29) is 0 Å². The van der Waals surface area contributed by atoms with Crippen LogP contribution in [0.4, 0.5) is 5.69 Å². The minimum absolute atomic E-state index is 0.435. The maximum absolute atomic E-state index is 2.50. The van der Waals surface area contributed by atoms with Crippen molar-refractivity contribution in [2.45, 2.75) is 16.7 Å². The van der Waals surface area contributed by atoms with Crippen molar-refractivity contribution in [3.63, 3.8) is 0 Å². The van der Waals surface area contributed by atoms with Gasteiger partial charge in [0.15, 0.2) is 0 Å². The van der Waals surface area contributed by atoms with Crippen LogP contribution in [0.3, 0.4) is 0 Å². The molecule has 0 saturated carbocycles. The van der Waals surface area contributed by atoms with Gasteiger partial charge >= 0.3 is 134 Å². The zero-order valence-corrected chi connectivity index (χ0v) is 14.3. The maximum atomic E-state index is 2.50. The summed E-state index contributed by atoms with van der Waals surface area (Å²) in [4.78, 5) is 5.31. The average molecular weight is 362 g/mol. The Morgan fingerprint density at radius 3 is 2.30 bits per heavy atom. The molecule has 0 saturated heterocycles. The van der Waals surface area contributed by atoms with E-state index in [4.69, 9.17) is 0 Å². The average Bonchev–Trinajstić information content (AvgIpc) is 3.07. The SMILES string of the molecule is CCN1C(=C2Sc3ccccc3S2)[Se]c2ccccc21. The van der Waals surface area contributed by atoms with Crippen LogP contribution in [0.1, 0.15) is 6.92 Å². The van der Waals surface area contributed by atoms with Gasteiger partial charge in [0.05, 0.1) is 0 Å². The fraction of sp³-hybridized carbons (Fsp3) is 0.125. The Balaban J connectivity index is 1.76.